The van der Waals surface area contributed by atoms with Crippen molar-refractivity contribution < 1.29 is 9.59 Å². The first-order chi connectivity index (χ1) is 8.43. The number of hydrogen-bond acceptors (Lipinski definition) is 2. The molecule has 18 heavy (non-hydrogen) atoms. The predicted octanol–water partition coefficient (Wildman–Crippen LogP) is 1.86. The summed E-state index contributed by atoms with van der Waals surface area (Å²) < 4.78 is 0. The molecule has 0 radical (unpaired) electrons. The molecule has 0 aromatic carbocycles. The summed E-state index contributed by atoms with van der Waals surface area (Å²) in [5.74, 6) is -0.0248. The van der Waals surface area contributed by atoms with Gasteiger partial charge in [0.15, 0.2) is 0 Å². The van der Waals surface area contributed by atoms with E-state index in [1.807, 2.05) is 20.8 Å². The summed E-state index contributed by atoms with van der Waals surface area (Å²) in [6, 6.07) is -0.396. The number of piperazine rings is 1. The number of hydrogen-bond donors (Lipinski definition) is 1. The van der Waals surface area contributed by atoms with E-state index < -0.39 is 11.6 Å². The van der Waals surface area contributed by atoms with Crippen LogP contribution in [0.3, 0.4) is 0 Å². The van der Waals surface area contributed by atoms with Gasteiger partial charge >= 0.3 is 0 Å². The van der Waals surface area contributed by atoms with Gasteiger partial charge in [0.1, 0.15) is 11.6 Å². The van der Waals surface area contributed by atoms with E-state index in [4.69, 9.17) is 0 Å². The molecule has 1 heterocycles. The summed E-state index contributed by atoms with van der Waals surface area (Å²) in [6.45, 7) is 11.3. The Morgan fingerprint density at radius 3 is 2.44 bits per heavy atom. The van der Waals surface area contributed by atoms with E-state index >= 15 is 0 Å². The lowest BCUT2D eigenvalue weighted by Gasteiger charge is -2.46. The zero-order valence-corrected chi connectivity index (χ0v) is 11.8. The van der Waals surface area contributed by atoms with E-state index in [0.29, 0.717) is 19.3 Å². The maximum Gasteiger partial charge on any atom is 0.249 e. The van der Waals surface area contributed by atoms with Gasteiger partial charge in [-0.05, 0) is 33.1 Å². The summed E-state index contributed by atoms with van der Waals surface area (Å²) in [4.78, 5) is 26.4. The van der Waals surface area contributed by atoms with E-state index in [1.165, 1.54) is 0 Å². The number of amides is 2. The van der Waals surface area contributed by atoms with E-state index in [0.717, 1.165) is 0 Å². The van der Waals surface area contributed by atoms with Crippen molar-refractivity contribution in [2.24, 2.45) is 0 Å². The number of rotatable bonds is 5. The predicted molar refractivity (Wildman–Crippen MR) is 72.0 cm³/mol. The van der Waals surface area contributed by atoms with Crippen LogP contribution in [-0.2, 0) is 9.59 Å². The molecule has 1 aliphatic rings. The van der Waals surface area contributed by atoms with Gasteiger partial charge in [0, 0.05) is 6.04 Å². The molecule has 4 heteroatoms. The van der Waals surface area contributed by atoms with Gasteiger partial charge in [-0.1, -0.05) is 19.9 Å². The minimum atomic E-state index is -0.723. The van der Waals surface area contributed by atoms with Crippen LogP contribution in [0.2, 0.25) is 0 Å². The van der Waals surface area contributed by atoms with Crippen LogP contribution < -0.4 is 5.32 Å². The zero-order chi connectivity index (χ0) is 13.9. The third kappa shape index (κ3) is 2.28. The van der Waals surface area contributed by atoms with Crippen molar-refractivity contribution >= 4 is 11.8 Å². The minimum Gasteiger partial charge on any atom is -0.340 e. The van der Waals surface area contributed by atoms with Crippen LogP contribution in [0.4, 0.5) is 0 Å². The molecule has 2 unspecified atom stereocenters. The second-order valence-electron chi connectivity index (χ2n) is 5.04. The van der Waals surface area contributed by atoms with Gasteiger partial charge in [0.25, 0.3) is 0 Å². The molecule has 1 saturated heterocycles. The summed E-state index contributed by atoms with van der Waals surface area (Å²) in [7, 11) is 0. The first kappa shape index (κ1) is 14.7. The Balaban J connectivity index is 3.09. The maximum absolute atomic E-state index is 12.7. The minimum absolute atomic E-state index is 0.00789. The average Bonchev–Trinajstić information content (AvgIpc) is 2.35. The normalized spacial score (nSPS) is 24.7. The molecular weight excluding hydrogens is 228 g/mol. The van der Waals surface area contributed by atoms with Crippen molar-refractivity contribution in [1.82, 2.24) is 10.2 Å². The van der Waals surface area contributed by atoms with Crippen molar-refractivity contribution in [3.05, 3.63) is 12.7 Å². The fourth-order valence-corrected chi connectivity index (χ4v) is 2.61. The first-order valence-electron chi connectivity index (χ1n) is 6.69. The molecule has 0 aromatic rings. The Labute approximate surface area is 109 Å². The van der Waals surface area contributed by atoms with Gasteiger partial charge in [-0.15, -0.1) is 6.58 Å². The molecule has 1 N–H and O–H groups in total. The van der Waals surface area contributed by atoms with Crippen LogP contribution >= 0.6 is 0 Å². The van der Waals surface area contributed by atoms with Crippen molar-refractivity contribution in [3.8, 4) is 0 Å². The lowest BCUT2D eigenvalue weighted by atomic mass is 9.86. The highest BCUT2D eigenvalue weighted by Gasteiger charge is 2.48. The molecular formula is C14H24N2O2. The summed E-state index contributed by atoms with van der Waals surface area (Å²) in [6.07, 6.45) is 3.74. The average molecular weight is 252 g/mol. The zero-order valence-electron chi connectivity index (χ0n) is 11.8. The van der Waals surface area contributed by atoms with E-state index in [1.54, 1.807) is 17.9 Å². The molecule has 2 atom stereocenters. The Morgan fingerprint density at radius 1 is 1.44 bits per heavy atom. The summed E-state index contributed by atoms with van der Waals surface area (Å²) in [5.41, 5.74) is -0.723. The highest BCUT2D eigenvalue weighted by atomic mass is 16.2. The van der Waals surface area contributed by atoms with E-state index in [9.17, 15) is 9.59 Å². The Hall–Kier alpha value is -1.32. The van der Waals surface area contributed by atoms with Crippen LogP contribution in [0.5, 0.6) is 0 Å². The van der Waals surface area contributed by atoms with Crippen LogP contribution in [0, 0.1) is 0 Å². The molecule has 0 saturated carbocycles. The molecule has 1 rings (SSSR count). The molecule has 0 spiro atoms. The third-order valence-corrected chi connectivity index (χ3v) is 3.99. The molecule has 102 valence electrons. The van der Waals surface area contributed by atoms with Crippen LogP contribution in [-0.4, -0.2) is 34.3 Å². The van der Waals surface area contributed by atoms with Crippen LogP contribution in [0.1, 0.15) is 47.0 Å². The molecule has 4 nitrogen and oxygen atoms in total. The third-order valence-electron chi connectivity index (χ3n) is 3.99. The quantitative estimate of drug-likeness (QED) is 0.759. The molecule has 1 fully saturated rings. The number of carbonyl (C=O) groups is 2. The largest absolute Gasteiger partial charge is 0.340 e. The second kappa shape index (κ2) is 5.55. The molecule has 0 bridgehead atoms. The number of nitrogens with zero attached hydrogens (tertiary/aromatic N) is 1. The Bertz CT molecular complexity index is 348. The van der Waals surface area contributed by atoms with Gasteiger partial charge in [0.05, 0.1) is 0 Å². The van der Waals surface area contributed by atoms with Crippen molar-refractivity contribution in [3.63, 3.8) is 0 Å². The lowest BCUT2D eigenvalue weighted by Crippen LogP contribution is -2.70. The smallest absolute Gasteiger partial charge is 0.249 e. The Kier molecular flexibility index (Phi) is 4.54. The SMILES string of the molecule is C=CCC(C)N1C(=O)C(CC)(CC)NC(=O)C1C. The number of carbonyl (C=O) groups excluding carboxylic acids is 2. The number of nitrogens with one attached hydrogen (secondary N) is 1. The topological polar surface area (TPSA) is 49.4 Å². The van der Waals surface area contributed by atoms with Crippen LogP contribution in [0.15, 0.2) is 12.7 Å². The lowest BCUT2D eigenvalue weighted by molar-refractivity contribution is -0.157. The van der Waals surface area contributed by atoms with Crippen molar-refractivity contribution in [1.29, 1.82) is 0 Å². The van der Waals surface area contributed by atoms with Crippen molar-refractivity contribution in [2.45, 2.75) is 64.6 Å². The fourth-order valence-electron chi connectivity index (χ4n) is 2.61. The maximum atomic E-state index is 12.7. The van der Waals surface area contributed by atoms with Crippen LogP contribution in [0.25, 0.3) is 0 Å². The standard InChI is InChI=1S/C14H24N2O2/c1-6-9-10(4)16-11(5)12(17)15-14(7-2,8-3)13(16)18/h6,10-11H,1,7-9H2,2-5H3,(H,15,17). The van der Waals surface area contributed by atoms with Gasteiger partial charge in [-0.25, -0.2) is 0 Å². The fraction of sp³-hybridized carbons (Fsp3) is 0.714. The summed E-state index contributed by atoms with van der Waals surface area (Å²) in [5, 5.41) is 2.90. The van der Waals surface area contributed by atoms with Gasteiger partial charge < -0.3 is 10.2 Å². The molecule has 1 aliphatic heterocycles. The molecule has 0 aromatic heterocycles. The Morgan fingerprint density at radius 2 is 2.00 bits per heavy atom. The van der Waals surface area contributed by atoms with Crippen molar-refractivity contribution in [2.75, 3.05) is 0 Å². The van der Waals surface area contributed by atoms with E-state index in [2.05, 4.69) is 11.9 Å². The van der Waals surface area contributed by atoms with Gasteiger partial charge in [-0.2, -0.15) is 0 Å². The molecule has 0 aliphatic carbocycles. The van der Waals surface area contributed by atoms with Gasteiger partial charge in [-0.3, -0.25) is 9.59 Å². The summed E-state index contributed by atoms with van der Waals surface area (Å²) >= 11 is 0. The van der Waals surface area contributed by atoms with E-state index in [-0.39, 0.29) is 17.9 Å². The first-order valence-corrected chi connectivity index (χ1v) is 6.69. The highest BCUT2D eigenvalue weighted by molar-refractivity contribution is 5.99. The highest BCUT2D eigenvalue weighted by Crippen LogP contribution is 2.27. The second-order valence-corrected chi connectivity index (χ2v) is 5.04. The van der Waals surface area contributed by atoms with Gasteiger partial charge in [0.2, 0.25) is 11.8 Å². The monoisotopic (exact) mass is 252 g/mol. The molecule has 2 amide bonds.